The number of carbonyl (C=O) groups excluding carboxylic acids is 1. The van der Waals surface area contributed by atoms with Crippen molar-refractivity contribution in [3.63, 3.8) is 0 Å². The first kappa shape index (κ1) is 15.8. The first-order valence-corrected chi connectivity index (χ1v) is 7.68. The second-order valence-corrected chi connectivity index (χ2v) is 6.92. The van der Waals surface area contributed by atoms with Gasteiger partial charge >= 0.3 is 5.97 Å². The van der Waals surface area contributed by atoms with Crippen molar-refractivity contribution in [2.45, 2.75) is 19.1 Å². The average molecular weight is 351 g/mol. The van der Waals surface area contributed by atoms with Crippen molar-refractivity contribution in [3.05, 3.63) is 22.2 Å². The van der Waals surface area contributed by atoms with Crippen molar-refractivity contribution in [1.29, 1.82) is 0 Å². The molecule has 6 nitrogen and oxygen atoms in total. The summed E-state index contributed by atoms with van der Waals surface area (Å²) in [5.41, 5.74) is 6.94. The molecule has 3 N–H and O–H groups in total. The Morgan fingerprint density at radius 3 is 2.53 bits per heavy atom. The molecule has 106 valence electrons. The van der Waals surface area contributed by atoms with E-state index in [1.165, 1.54) is 6.92 Å². The molecule has 1 aromatic carbocycles. The van der Waals surface area contributed by atoms with Gasteiger partial charge in [0.15, 0.2) is 5.25 Å². The van der Waals surface area contributed by atoms with Gasteiger partial charge in [0.2, 0.25) is 10.0 Å². The Hall–Kier alpha value is -1.28. The number of nitrogen functional groups attached to an aromatic ring is 1. The van der Waals surface area contributed by atoms with Gasteiger partial charge in [0.05, 0.1) is 18.5 Å². The van der Waals surface area contributed by atoms with Gasteiger partial charge in [0.1, 0.15) is 0 Å². The third-order valence-corrected chi connectivity index (χ3v) is 4.64. The van der Waals surface area contributed by atoms with Gasteiger partial charge in [-0.25, -0.2) is 8.42 Å². The quantitative estimate of drug-likeness (QED) is 0.635. The minimum absolute atomic E-state index is 0.263. The summed E-state index contributed by atoms with van der Waals surface area (Å²) in [6.07, 6.45) is 0. The standard InChI is InChI=1S/C11H15BrN2O4S/c1-6-4-8(12)5-9(13)10(6)14-19(16,17)7(2)11(15)18-3/h4-5,7,14H,13H2,1-3H3. The summed E-state index contributed by atoms with van der Waals surface area (Å²) in [6, 6.07) is 3.30. The summed E-state index contributed by atoms with van der Waals surface area (Å²) >= 11 is 3.26. The van der Waals surface area contributed by atoms with Crippen LogP contribution >= 0.6 is 15.9 Å². The topological polar surface area (TPSA) is 98.5 Å². The summed E-state index contributed by atoms with van der Waals surface area (Å²) in [4.78, 5) is 11.3. The molecular weight excluding hydrogens is 336 g/mol. The number of benzene rings is 1. The predicted molar refractivity (Wildman–Crippen MR) is 77.3 cm³/mol. The number of methoxy groups -OCH3 is 1. The van der Waals surface area contributed by atoms with E-state index in [9.17, 15) is 13.2 Å². The molecule has 19 heavy (non-hydrogen) atoms. The van der Waals surface area contributed by atoms with E-state index in [0.717, 1.165) is 11.6 Å². The molecule has 1 atom stereocenters. The van der Waals surface area contributed by atoms with Crippen LogP contribution in [0.4, 0.5) is 11.4 Å². The number of nitrogens with one attached hydrogen (secondary N) is 1. The zero-order chi connectivity index (χ0) is 14.8. The molecule has 1 rings (SSSR count). The number of hydrogen-bond acceptors (Lipinski definition) is 5. The van der Waals surface area contributed by atoms with Crippen LogP contribution in [-0.2, 0) is 19.6 Å². The molecule has 0 spiro atoms. The number of anilines is 2. The molecule has 0 saturated heterocycles. The van der Waals surface area contributed by atoms with Crippen molar-refractivity contribution in [3.8, 4) is 0 Å². The van der Waals surface area contributed by atoms with Crippen LogP contribution in [0.15, 0.2) is 16.6 Å². The fourth-order valence-corrected chi connectivity index (χ4v) is 3.11. The molecule has 8 heteroatoms. The molecule has 1 unspecified atom stereocenters. The number of rotatable bonds is 4. The summed E-state index contributed by atoms with van der Waals surface area (Å²) in [5, 5.41) is -1.32. The van der Waals surface area contributed by atoms with Crippen LogP contribution in [0.2, 0.25) is 0 Å². The maximum absolute atomic E-state index is 12.0. The smallest absolute Gasteiger partial charge is 0.325 e. The van der Waals surface area contributed by atoms with Gasteiger partial charge in [-0.3, -0.25) is 9.52 Å². The highest BCUT2D eigenvalue weighted by Gasteiger charge is 2.29. The Bertz CT molecular complexity index is 578. The number of nitrogens with two attached hydrogens (primary N) is 1. The molecule has 0 bridgehead atoms. The lowest BCUT2D eigenvalue weighted by atomic mass is 10.2. The normalized spacial score (nSPS) is 12.8. The Kier molecular flexibility index (Phi) is 4.81. The van der Waals surface area contributed by atoms with Gasteiger partial charge in [-0.15, -0.1) is 0 Å². The van der Waals surface area contributed by atoms with E-state index in [0.29, 0.717) is 5.56 Å². The zero-order valence-electron chi connectivity index (χ0n) is 10.7. The van der Waals surface area contributed by atoms with Crippen LogP contribution in [0.25, 0.3) is 0 Å². The summed E-state index contributed by atoms with van der Waals surface area (Å²) in [6.45, 7) is 2.96. The molecule has 0 aromatic heterocycles. The SMILES string of the molecule is COC(=O)C(C)S(=O)(=O)Nc1c(C)cc(Br)cc1N. The van der Waals surface area contributed by atoms with Crippen LogP contribution in [0.1, 0.15) is 12.5 Å². The van der Waals surface area contributed by atoms with E-state index >= 15 is 0 Å². The van der Waals surface area contributed by atoms with Gasteiger partial charge in [-0.05, 0) is 31.5 Å². The van der Waals surface area contributed by atoms with Gasteiger partial charge < -0.3 is 10.5 Å². The third kappa shape index (κ3) is 3.60. The minimum Gasteiger partial charge on any atom is -0.468 e. The highest BCUT2D eigenvalue weighted by Crippen LogP contribution is 2.29. The zero-order valence-corrected chi connectivity index (χ0v) is 13.1. The van der Waals surface area contributed by atoms with E-state index in [1.807, 2.05) is 0 Å². The molecule has 0 aliphatic heterocycles. The molecule has 1 aromatic rings. The van der Waals surface area contributed by atoms with E-state index < -0.39 is 21.2 Å². The number of hydrogen-bond donors (Lipinski definition) is 2. The van der Waals surface area contributed by atoms with E-state index in [1.54, 1.807) is 19.1 Å². The summed E-state index contributed by atoms with van der Waals surface area (Å²) < 4.78 is 31.5. The summed E-state index contributed by atoms with van der Waals surface area (Å²) in [7, 11) is -2.77. The number of carbonyl (C=O) groups is 1. The molecule has 0 aliphatic rings. The number of aryl methyl sites for hydroxylation is 1. The second kappa shape index (κ2) is 5.79. The fourth-order valence-electron chi connectivity index (χ4n) is 1.43. The highest BCUT2D eigenvalue weighted by atomic mass is 79.9. The third-order valence-electron chi connectivity index (χ3n) is 2.57. The monoisotopic (exact) mass is 350 g/mol. The van der Waals surface area contributed by atoms with Crippen molar-refractivity contribution in [1.82, 2.24) is 0 Å². The lowest BCUT2D eigenvalue weighted by molar-refractivity contribution is -0.139. The van der Waals surface area contributed by atoms with Crippen LogP contribution in [0.3, 0.4) is 0 Å². The van der Waals surface area contributed by atoms with Crippen molar-refractivity contribution < 1.29 is 17.9 Å². The molecule has 0 radical (unpaired) electrons. The first-order valence-electron chi connectivity index (χ1n) is 5.34. The predicted octanol–water partition coefficient (Wildman–Crippen LogP) is 1.64. The lowest BCUT2D eigenvalue weighted by Crippen LogP contribution is -2.33. The van der Waals surface area contributed by atoms with Crippen LogP contribution in [0.5, 0.6) is 0 Å². The van der Waals surface area contributed by atoms with Crippen LogP contribution < -0.4 is 10.5 Å². The maximum atomic E-state index is 12.0. The average Bonchev–Trinajstić information content (AvgIpc) is 2.31. The second-order valence-electron chi connectivity index (χ2n) is 4.00. The molecule has 0 aliphatic carbocycles. The molecular formula is C11H15BrN2O4S. The lowest BCUT2D eigenvalue weighted by Gasteiger charge is -2.16. The Labute approximate surface area is 120 Å². The fraction of sp³-hybridized carbons (Fsp3) is 0.364. The number of esters is 1. The van der Waals surface area contributed by atoms with Crippen molar-refractivity contribution >= 4 is 43.3 Å². The number of halogens is 1. The number of sulfonamides is 1. The van der Waals surface area contributed by atoms with Gasteiger partial charge in [0, 0.05) is 4.47 Å². The van der Waals surface area contributed by atoms with Gasteiger partial charge in [0.25, 0.3) is 0 Å². The van der Waals surface area contributed by atoms with Gasteiger partial charge in [-0.2, -0.15) is 0 Å². The van der Waals surface area contributed by atoms with E-state index in [2.05, 4.69) is 25.4 Å². The Balaban J connectivity index is 3.13. The number of ether oxygens (including phenoxy) is 1. The maximum Gasteiger partial charge on any atom is 0.325 e. The Morgan fingerprint density at radius 1 is 1.47 bits per heavy atom. The van der Waals surface area contributed by atoms with Crippen LogP contribution in [0, 0.1) is 6.92 Å². The van der Waals surface area contributed by atoms with Crippen molar-refractivity contribution in [2.24, 2.45) is 0 Å². The van der Waals surface area contributed by atoms with E-state index in [-0.39, 0.29) is 11.4 Å². The molecule has 0 amide bonds. The van der Waals surface area contributed by atoms with Crippen LogP contribution in [-0.4, -0.2) is 26.7 Å². The summed E-state index contributed by atoms with van der Waals surface area (Å²) in [5.74, 6) is -0.833. The first-order chi connectivity index (χ1) is 8.69. The molecule has 0 heterocycles. The minimum atomic E-state index is -3.90. The van der Waals surface area contributed by atoms with Gasteiger partial charge in [-0.1, -0.05) is 15.9 Å². The van der Waals surface area contributed by atoms with E-state index in [4.69, 9.17) is 5.73 Å². The molecule has 0 fully saturated rings. The largest absolute Gasteiger partial charge is 0.468 e. The molecule has 0 saturated carbocycles. The highest BCUT2D eigenvalue weighted by molar-refractivity contribution is 9.10. The van der Waals surface area contributed by atoms with Crippen molar-refractivity contribution in [2.75, 3.05) is 17.6 Å². The Morgan fingerprint density at radius 2 is 2.05 bits per heavy atom.